The fourth-order valence-corrected chi connectivity index (χ4v) is 3.43. The third-order valence-corrected chi connectivity index (χ3v) is 4.38. The monoisotopic (exact) mass is 226 g/mol. The van der Waals surface area contributed by atoms with Crippen molar-refractivity contribution in [2.75, 3.05) is 0 Å². The molecule has 3 aliphatic rings. The van der Waals surface area contributed by atoms with E-state index in [4.69, 9.17) is 0 Å². The molecule has 0 radical (unpaired) electrons. The molecule has 0 aromatic heterocycles. The molecule has 0 saturated heterocycles. The highest BCUT2D eigenvalue weighted by molar-refractivity contribution is 5.52. The van der Waals surface area contributed by atoms with Gasteiger partial charge in [-0.2, -0.15) is 0 Å². The van der Waals surface area contributed by atoms with E-state index in [1.165, 1.54) is 44.1 Å². The third-order valence-electron chi connectivity index (χ3n) is 4.38. The van der Waals surface area contributed by atoms with Gasteiger partial charge in [0, 0.05) is 0 Å². The van der Waals surface area contributed by atoms with Gasteiger partial charge in [-0.15, -0.1) is 0 Å². The second kappa shape index (κ2) is 5.08. The summed E-state index contributed by atoms with van der Waals surface area (Å²) in [5.74, 6) is 0.961. The summed E-state index contributed by atoms with van der Waals surface area (Å²) in [4.78, 5) is 0. The first-order valence-electron chi connectivity index (χ1n) is 7.19. The Balaban J connectivity index is 1.72. The molecule has 3 rings (SSSR count). The van der Waals surface area contributed by atoms with Crippen LogP contribution in [0.3, 0.4) is 0 Å². The van der Waals surface area contributed by atoms with Gasteiger partial charge in [0.15, 0.2) is 0 Å². The van der Waals surface area contributed by atoms with Gasteiger partial charge in [-0.05, 0) is 41.9 Å². The second-order valence-electron chi connectivity index (χ2n) is 5.62. The van der Waals surface area contributed by atoms with E-state index in [0.29, 0.717) is 0 Å². The van der Waals surface area contributed by atoms with E-state index in [-0.39, 0.29) is 0 Å². The first kappa shape index (κ1) is 11.1. The molecule has 0 aromatic rings. The maximum atomic E-state index is 2.39. The predicted octanol–water partition coefficient (Wildman–Crippen LogP) is 5.10. The summed E-state index contributed by atoms with van der Waals surface area (Å²) in [6.45, 7) is 0. The highest BCUT2D eigenvalue weighted by Crippen LogP contribution is 2.36. The minimum absolute atomic E-state index is 0.961. The normalized spacial score (nSPS) is 24.8. The van der Waals surface area contributed by atoms with Crippen LogP contribution in [0.4, 0.5) is 0 Å². The summed E-state index contributed by atoms with van der Waals surface area (Å²) in [7, 11) is 0. The Morgan fingerprint density at radius 2 is 1.88 bits per heavy atom. The summed E-state index contributed by atoms with van der Waals surface area (Å²) < 4.78 is 0. The second-order valence-corrected chi connectivity index (χ2v) is 5.62. The van der Waals surface area contributed by atoms with E-state index in [1.807, 2.05) is 0 Å². The maximum absolute atomic E-state index is 2.39. The first-order chi connectivity index (χ1) is 8.43. The van der Waals surface area contributed by atoms with E-state index in [0.717, 1.165) is 18.8 Å². The minimum atomic E-state index is 0.961. The van der Waals surface area contributed by atoms with Crippen molar-refractivity contribution in [2.24, 2.45) is 5.92 Å². The van der Waals surface area contributed by atoms with Gasteiger partial charge < -0.3 is 0 Å². The van der Waals surface area contributed by atoms with Gasteiger partial charge in [0.1, 0.15) is 0 Å². The fourth-order valence-electron chi connectivity index (χ4n) is 3.43. The van der Waals surface area contributed by atoms with Crippen LogP contribution in [-0.4, -0.2) is 0 Å². The van der Waals surface area contributed by atoms with Crippen LogP contribution in [0.2, 0.25) is 0 Å². The average molecular weight is 226 g/mol. The molecule has 1 saturated carbocycles. The lowest BCUT2D eigenvalue weighted by Crippen LogP contribution is -2.07. The molecule has 90 valence electrons. The zero-order valence-electron chi connectivity index (χ0n) is 10.6. The molecule has 0 nitrogen and oxygen atoms in total. The zero-order chi connectivity index (χ0) is 11.5. The molecule has 0 heterocycles. The van der Waals surface area contributed by atoms with Gasteiger partial charge in [0.2, 0.25) is 0 Å². The Hall–Kier alpha value is -1.04. The van der Waals surface area contributed by atoms with Crippen molar-refractivity contribution in [2.45, 2.75) is 51.4 Å². The molecule has 1 fully saturated rings. The Morgan fingerprint density at radius 1 is 1.00 bits per heavy atom. The molecule has 0 aliphatic heterocycles. The quantitative estimate of drug-likeness (QED) is 0.628. The molecule has 0 heteroatoms. The van der Waals surface area contributed by atoms with E-state index in [1.54, 1.807) is 11.1 Å². The number of hydrogen-bond acceptors (Lipinski definition) is 0. The topological polar surface area (TPSA) is 0 Å². The van der Waals surface area contributed by atoms with E-state index < -0.39 is 0 Å². The van der Waals surface area contributed by atoms with Crippen LogP contribution >= 0.6 is 0 Å². The molecule has 0 bridgehead atoms. The van der Waals surface area contributed by atoms with Gasteiger partial charge in [-0.1, -0.05) is 62.5 Å². The van der Waals surface area contributed by atoms with Gasteiger partial charge >= 0.3 is 0 Å². The van der Waals surface area contributed by atoms with Crippen molar-refractivity contribution in [1.82, 2.24) is 0 Å². The Kier molecular flexibility index (Phi) is 3.31. The first-order valence-corrected chi connectivity index (χ1v) is 7.19. The largest absolute Gasteiger partial charge is 0.0801 e. The lowest BCUT2D eigenvalue weighted by molar-refractivity contribution is 0.357. The standard InChI is InChI=1S/C17H22/c1-2-7-14(8-3-1)13-16-11-6-12-17(16)15-9-4-5-10-15/h4,6,9-11,14H,1-3,5,7-8,12-13H2. The molecular weight excluding hydrogens is 204 g/mol. The minimum Gasteiger partial charge on any atom is -0.0801 e. The highest BCUT2D eigenvalue weighted by atomic mass is 14.2. The number of allylic oxidation sites excluding steroid dienone is 8. The van der Waals surface area contributed by atoms with Crippen molar-refractivity contribution in [3.05, 3.63) is 47.1 Å². The Morgan fingerprint density at radius 3 is 2.65 bits per heavy atom. The lowest BCUT2D eigenvalue weighted by Gasteiger charge is -2.22. The molecular formula is C17H22. The van der Waals surface area contributed by atoms with Crippen LogP contribution < -0.4 is 0 Å². The molecule has 3 aliphatic carbocycles. The molecule has 0 N–H and O–H groups in total. The van der Waals surface area contributed by atoms with Crippen molar-refractivity contribution in [1.29, 1.82) is 0 Å². The summed E-state index contributed by atoms with van der Waals surface area (Å²) in [5, 5.41) is 0. The summed E-state index contributed by atoms with van der Waals surface area (Å²) in [5.41, 5.74) is 4.75. The SMILES string of the molecule is C1=CC(C2=C(CC3CCCCC3)C=CC2)=CC1. The van der Waals surface area contributed by atoms with Crippen LogP contribution in [0.25, 0.3) is 0 Å². The number of rotatable bonds is 3. The summed E-state index contributed by atoms with van der Waals surface area (Å²) in [6, 6.07) is 0. The van der Waals surface area contributed by atoms with Gasteiger partial charge in [0.25, 0.3) is 0 Å². The van der Waals surface area contributed by atoms with Crippen LogP contribution in [-0.2, 0) is 0 Å². The lowest BCUT2D eigenvalue weighted by atomic mass is 9.83. The van der Waals surface area contributed by atoms with E-state index >= 15 is 0 Å². The molecule has 0 unspecified atom stereocenters. The Labute approximate surface area is 105 Å². The molecule has 17 heavy (non-hydrogen) atoms. The fraction of sp³-hybridized carbons (Fsp3) is 0.529. The molecule has 0 aromatic carbocycles. The average Bonchev–Trinajstić information content (AvgIpc) is 3.00. The van der Waals surface area contributed by atoms with Crippen molar-refractivity contribution in [3.8, 4) is 0 Å². The van der Waals surface area contributed by atoms with Crippen molar-refractivity contribution >= 4 is 0 Å². The Bertz CT molecular complexity index is 398. The van der Waals surface area contributed by atoms with Crippen LogP contribution in [0.15, 0.2) is 47.1 Å². The zero-order valence-corrected chi connectivity index (χ0v) is 10.6. The highest BCUT2D eigenvalue weighted by Gasteiger charge is 2.19. The van der Waals surface area contributed by atoms with Gasteiger partial charge in [-0.25, -0.2) is 0 Å². The summed E-state index contributed by atoms with van der Waals surface area (Å²) in [6.07, 6.45) is 22.6. The van der Waals surface area contributed by atoms with Crippen LogP contribution in [0.5, 0.6) is 0 Å². The van der Waals surface area contributed by atoms with Gasteiger partial charge in [-0.3, -0.25) is 0 Å². The predicted molar refractivity (Wildman–Crippen MR) is 73.8 cm³/mol. The molecule has 0 amide bonds. The van der Waals surface area contributed by atoms with Crippen molar-refractivity contribution < 1.29 is 0 Å². The van der Waals surface area contributed by atoms with Crippen molar-refractivity contribution in [3.63, 3.8) is 0 Å². The smallest absolute Gasteiger partial charge is 0.00857 e. The van der Waals surface area contributed by atoms with E-state index in [2.05, 4.69) is 30.4 Å². The van der Waals surface area contributed by atoms with Crippen LogP contribution in [0.1, 0.15) is 51.4 Å². The maximum Gasteiger partial charge on any atom is -0.00857 e. The van der Waals surface area contributed by atoms with Gasteiger partial charge in [0.05, 0.1) is 0 Å². The molecule has 0 atom stereocenters. The third kappa shape index (κ3) is 2.46. The summed E-state index contributed by atoms with van der Waals surface area (Å²) >= 11 is 0. The molecule has 0 spiro atoms. The van der Waals surface area contributed by atoms with Crippen LogP contribution in [0, 0.1) is 5.92 Å². The van der Waals surface area contributed by atoms with E-state index in [9.17, 15) is 0 Å². The number of hydrogen-bond donors (Lipinski definition) is 0.